The number of aromatic amines is 1. The van der Waals surface area contributed by atoms with Gasteiger partial charge < -0.3 is 10.1 Å². The number of carbonyl (C=O) groups is 1. The molecule has 0 spiro atoms. The molecule has 0 unspecified atom stereocenters. The minimum Gasteiger partial charge on any atom is -0.491 e. The molecule has 0 aliphatic heterocycles. The normalized spacial score (nSPS) is 10.8. The average Bonchev–Trinajstić information content (AvgIpc) is 3.11. The van der Waals surface area contributed by atoms with Crippen molar-refractivity contribution in [2.24, 2.45) is 0 Å². The summed E-state index contributed by atoms with van der Waals surface area (Å²) in [6, 6.07) is 17.2. The standard InChI is InChI=1S/C20H20BrN3O2/c1-13(2)26-17-9-3-14(4-10-17)12-22-20(25)19-11-18(23-24-19)15-5-7-16(21)8-6-15/h3-11,13H,12H2,1-2H3,(H,22,25)(H,23,24). The van der Waals surface area contributed by atoms with Gasteiger partial charge in [-0.25, -0.2) is 0 Å². The lowest BCUT2D eigenvalue weighted by Gasteiger charge is -2.10. The first kappa shape index (κ1) is 18.2. The topological polar surface area (TPSA) is 67.0 Å². The van der Waals surface area contributed by atoms with Crippen LogP contribution in [0.1, 0.15) is 29.9 Å². The number of H-pyrrole nitrogens is 1. The number of aromatic nitrogens is 2. The molecule has 5 nitrogen and oxygen atoms in total. The molecule has 3 aromatic rings. The Balaban J connectivity index is 1.59. The third kappa shape index (κ3) is 4.73. The third-order valence-electron chi connectivity index (χ3n) is 3.71. The molecule has 1 amide bonds. The van der Waals surface area contributed by atoms with Crippen molar-refractivity contribution in [2.75, 3.05) is 0 Å². The van der Waals surface area contributed by atoms with E-state index < -0.39 is 0 Å². The maximum atomic E-state index is 12.3. The lowest BCUT2D eigenvalue weighted by molar-refractivity contribution is 0.0946. The molecule has 0 atom stereocenters. The van der Waals surface area contributed by atoms with Gasteiger partial charge in [0.1, 0.15) is 11.4 Å². The Morgan fingerprint density at radius 2 is 1.85 bits per heavy atom. The second-order valence-electron chi connectivity index (χ2n) is 6.17. The molecule has 0 bridgehead atoms. The van der Waals surface area contributed by atoms with E-state index in [0.717, 1.165) is 27.0 Å². The predicted molar refractivity (Wildman–Crippen MR) is 105 cm³/mol. The van der Waals surface area contributed by atoms with Crippen molar-refractivity contribution in [1.82, 2.24) is 15.5 Å². The molecule has 1 aromatic heterocycles. The number of amides is 1. The van der Waals surface area contributed by atoms with E-state index >= 15 is 0 Å². The number of rotatable bonds is 6. The van der Waals surface area contributed by atoms with Crippen LogP contribution in [0.2, 0.25) is 0 Å². The summed E-state index contributed by atoms with van der Waals surface area (Å²) in [5, 5.41) is 9.90. The van der Waals surface area contributed by atoms with Gasteiger partial charge in [0.2, 0.25) is 0 Å². The maximum Gasteiger partial charge on any atom is 0.269 e. The van der Waals surface area contributed by atoms with Crippen molar-refractivity contribution < 1.29 is 9.53 Å². The first-order valence-electron chi connectivity index (χ1n) is 8.36. The van der Waals surface area contributed by atoms with Crippen molar-refractivity contribution >= 4 is 21.8 Å². The first-order valence-corrected chi connectivity index (χ1v) is 9.16. The minimum atomic E-state index is -0.191. The number of benzene rings is 2. The molecule has 0 radical (unpaired) electrons. The average molecular weight is 414 g/mol. The van der Waals surface area contributed by atoms with Crippen LogP contribution in [0, 0.1) is 0 Å². The van der Waals surface area contributed by atoms with Crippen LogP contribution in [0.25, 0.3) is 11.3 Å². The fourth-order valence-electron chi connectivity index (χ4n) is 2.44. The molecular weight excluding hydrogens is 394 g/mol. The zero-order chi connectivity index (χ0) is 18.5. The van der Waals surface area contributed by atoms with E-state index in [0.29, 0.717) is 12.2 Å². The lowest BCUT2D eigenvalue weighted by Crippen LogP contribution is -2.23. The summed E-state index contributed by atoms with van der Waals surface area (Å²) in [5.41, 5.74) is 3.12. The number of nitrogens with one attached hydrogen (secondary N) is 2. The van der Waals surface area contributed by atoms with Gasteiger partial charge in [0.05, 0.1) is 11.8 Å². The van der Waals surface area contributed by atoms with Crippen molar-refractivity contribution in [1.29, 1.82) is 0 Å². The van der Waals surface area contributed by atoms with Gasteiger partial charge in [-0.15, -0.1) is 0 Å². The van der Waals surface area contributed by atoms with Crippen LogP contribution in [0.5, 0.6) is 5.75 Å². The van der Waals surface area contributed by atoms with Gasteiger partial charge in [0.15, 0.2) is 0 Å². The summed E-state index contributed by atoms with van der Waals surface area (Å²) in [6.07, 6.45) is 0.140. The molecule has 3 rings (SSSR count). The number of ether oxygens (including phenoxy) is 1. The lowest BCUT2D eigenvalue weighted by atomic mass is 10.1. The van der Waals surface area contributed by atoms with Crippen LogP contribution in [0.3, 0.4) is 0 Å². The summed E-state index contributed by atoms with van der Waals surface area (Å²) in [5.74, 6) is 0.631. The Labute approximate surface area is 160 Å². The highest BCUT2D eigenvalue weighted by molar-refractivity contribution is 9.10. The fraction of sp³-hybridized carbons (Fsp3) is 0.200. The quantitative estimate of drug-likeness (QED) is 0.622. The smallest absolute Gasteiger partial charge is 0.269 e. The first-order chi connectivity index (χ1) is 12.5. The molecule has 2 N–H and O–H groups in total. The molecule has 0 aliphatic carbocycles. The second-order valence-corrected chi connectivity index (χ2v) is 7.08. The van der Waals surface area contributed by atoms with E-state index in [2.05, 4.69) is 31.4 Å². The van der Waals surface area contributed by atoms with E-state index in [1.165, 1.54) is 0 Å². The van der Waals surface area contributed by atoms with E-state index in [4.69, 9.17) is 4.74 Å². The number of carbonyl (C=O) groups excluding carboxylic acids is 1. The second kappa shape index (κ2) is 8.19. The van der Waals surface area contributed by atoms with E-state index in [1.54, 1.807) is 6.07 Å². The van der Waals surface area contributed by atoms with Gasteiger partial charge in [-0.2, -0.15) is 5.10 Å². The maximum absolute atomic E-state index is 12.3. The van der Waals surface area contributed by atoms with Crippen LogP contribution in [-0.4, -0.2) is 22.2 Å². The minimum absolute atomic E-state index is 0.140. The molecule has 1 heterocycles. The van der Waals surface area contributed by atoms with Crippen LogP contribution < -0.4 is 10.1 Å². The van der Waals surface area contributed by atoms with Crippen LogP contribution in [-0.2, 0) is 6.54 Å². The molecule has 134 valence electrons. The summed E-state index contributed by atoms with van der Waals surface area (Å²) in [6.45, 7) is 4.41. The third-order valence-corrected chi connectivity index (χ3v) is 4.24. The SMILES string of the molecule is CC(C)Oc1ccc(CNC(=O)c2cc(-c3ccc(Br)cc3)n[nH]2)cc1. The van der Waals surface area contributed by atoms with E-state index in [9.17, 15) is 4.79 Å². The van der Waals surface area contributed by atoms with Crippen molar-refractivity contribution in [3.8, 4) is 17.0 Å². The Hall–Kier alpha value is -2.60. The van der Waals surface area contributed by atoms with Gasteiger partial charge in [-0.3, -0.25) is 9.89 Å². The van der Waals surface area contributed by atoms with Crippen molar-refractivity contribution in [3.63, 3.8) is 0 Å². The molecule has 0 aliphatic rings. The molecule has 0 fully saturated rings. The fourth-order valence-corrected chi connectivity index (χ4v) is 2.71. The zero-order valence-corrected chi connectivity index (χ0v) is 16.2. The zero-order valence-electron chi connectivity index (χ0n) is 14.6. The van der Waals surface area contributed by atoms with Crippen molar-refractivity contribution in [3.05, 3.63) is 70.3 Å². The molecule has 6 heteroatoms. The molecule has 26 heavy (non-hydrogen) atoms. The highest BCUT2D eigenvalue weighted by Crippen LogP contribution is 2.20. The van der Waals surface area contributed by atoms with E-state index in [1.807, 2.05) is 62.4 Å². The Bertz CT molecular complexity index is 871. The largest absolute Gasteiger partial charge is 0.491 e. The van der Waals surface area contributed by atoms with Crippen LogP contribution >= 0.6 is 15.9 Å². The Kier molecular flexibility index (Phi) is 5.73. The van der Waals surface area contributed by atoms with Crippen LogP contribution in [0.4, 0.5) is 0 Å². The number of nitrogens with zero attached hydrogens (tertiary/aromatic N) is 1. The summed E-state index contributed by atoms with van der Waals surface area (Å²) in [7, 11) is 0. The van der Waals surface area contributed by atoms with Gasteiger partial charge in [-0.05, 0) is 49.7 Å². The highest BCUT2D eigenvalue weighted by atomic mass is 79.9. The number of hydrogen-bond donors (Lipinski definition) is 2. The molecule has 2 aromatic carbocycles. The van der Waals surface area contributed by atoms with Gasteiger partial charge in [0.25, 0.3) is 5.91 Å². The van der Waals surface area contributed by atoms with Gasteiger partial charge in [-0.1, -0.05) is 40.2 Å². The number of halogens is 1. The van der Waals surface area contributed by atoms with Gasteiger partial charge in [0, 0.05) is 16.6 Å². The van der Waals surface area contributed by atoms with Crippen molar-refractivity contribution in [2.45, 2.75) is 26.5 Å². The monoisotopic (exact) mass is 413 g/mol. The molecular formula is C20H20BrN3O2. The Morgan fingerprint density at radius 1 is 1.15 bits per heavy atom. The van der Waals surface area contributed by atoms with Gasteiger partial charge >= 0.3 is 0 Å². The molecule has 0 saturated carbocycles. The van der Waals surface area contributed by atoms with E-state index in [-0.39, 0.29) is 12.0 Å². The number of hydrogen-bond acceptors (Lipinski definition) is 3. The summed E-state index contributed by atoms with van der Waals surface area (Å²) >= 11 is 3.40. The molecule has 0 saturated heterocycles. The highest BCUT2D eigenvalue weighted by Gasteiger charge is 2.11. The summed E-state index contributed by atoms with van der Waals surface area (Å²) < 4.78 is 6.61. The predicted octanol–water partition coefficient (Wildman–Crippen LogP) is 4.56. The summed E-state index contributed by atoms with van der Waals surface area (Å²) in [4.78, 5) is 12.3. The van der Waals surface area contributed by atoms with Crippen LogP contribution in [0.15, 0.2) is 59.1 Å². The Morgan fingerprint density at radius 3 is 2.50 bits per heavy atom.